The van der Waals surface area contributed by atoms with Crippen molar-refractivity contribution >= 4 is 11.9 Å². The molecule has 1 fully saturated rings. The predicted molar refractivity (Wildman–Crippen MR) is 356 cm³/mol. The van der Waals surface area contributed by atoms with E-state index in [9.17, 15) is 35.1 Å². The van der Waals surface area contributed by atoms with Crippen LogP contribution in [0, 0.1) is 0 Å². The number of hydrogen-bond acceptors (Lipinski definition) is 10. The normalized spacial score (nSPS) is 19.2. The number of carbonyl (C=O) groups is 2. The van der Waals surface area contributed by atoms with E-state index in [4.69, 9.17) is 14.2 Å². The average Bonchev–Trinajstić information content (AvgIpc) is 2.90. The van der Waals surface area contributed by atoms with Crippen LogP contribution in [0.3, 0.4) is 0 Å². The van der Waals surface area contributed by atoms with E-state index in [0.717, 1.165) is 148 Å². The van der Waals surface area contributed by atoms with Crippen molar-refractivity contribution in [3.05, 3.63) is 122 Å². The van der Waals surface area contributed by atoms with Crippen LogP contribution >= 0.6 is 0 Å². The summed E-state index contributed by atoms with van der Waals surface area (Å²) in [5, 5.41) is 57.1. The molecule has 0 aliphatic carbocycles. The molecule has 8 atom stereocenters. The molecular formula is C74H125NO10. The number of aliphatic hydroxyl groups is 5. The van der Waals surface area contributed by atoms with E-state index < -0.39 is 67.4 Å². The van der Waals surface area contributed by atoms with Gasteiger partial charge in [0.25, 0.3) is 0 Å². The molecule has 11 heteroatoms. The first-order chi connectivity index (χ1) is 41.7. The number of rotatable bonds is 57. The number of nitrogens with one attached hydrogen (secondary N) is 1. The van der Waals surface area contributed by atoms with E-state index in [1.807, 2.05) is 6.08 Å². The Labute approximate surface area is 519 Å². The average molecular weight is 1190 g/mol. The summed E-state index contributed by atoms with van der Waals surface area (Å²) in [6.45, 7) is 5.63. The molecule has 1 heterocycles. The maximum atomic E-state index is 13.5. The quantitative estimate of drug-likeness (QED) is 0.0195. The monoisotopic (exact) mass is 1190 g/mol. The van der Waals surface area contributed by atoms with Gasteiger partial charge in [-0.1, -0.05) is 271 Å². The molecule has 1 aliphatic rings. The third kappa shape index (κ3) is 47.8. The van der Waals surface area contributed by atoms with Crippen LogP contribution in [0.2, 0.25) is 0 Å². The molecule has 0 spiro atoms. The highest BCUT2D eigenvalue weighted by Crippen LogP contribution is 2.26. The van der Waals surface area contributed by atoms with Crippen molar-refractivity contribution in [2.45, 2.75) is 320 Å². The van der Waals surface area contributed by atoms with Crippen LogP contribution in [-0.2, 0) is 23.8 Å². The van der Waals surface area contributed by atoms with Crippen molar-refractivity contribution in [1.29, 1.82) is 0 Å². The molecule has 0 aromatic rings. The zero-order valence-electron chi connectivity index (χ0n) is 53.9. The number of unbranched alkanes of at least 4 members (excludes halogenated alkanes) is 25. The van der Waals surface area contributed by atoms with Crippen LogP contribution in [0.1, 0.15) is 271 Å². The summed E-state index contributed by atoms with van der Waals surface area (Å²) in [6.07, 6.45) is 73.7. The number of hydrogen-bond donors (Lipinski definition) is 6. The molecule has 0 aromatic carbocycles. The highest BCUT2D eigenvalue weighted by molar-refractivity contribution is 5.80. The highest BCUT2D eigenvalue weighted by Gasteiger charge is 2.47. The fraction of sp³-hybridized carbons (Fsp3) is 0.703. The molecule has 1 rings (SSSR count). The van der Waals surface area contributed by atoms with Crippen LogP contribution < -0.4 is 5.32 Å². The molecule has 8 unspecified atom stereocenters. The number of ether oxygens (including phenoxy) is 3. The summed E-state index contributed by atoms with van der Waals surface area (Å²) < 4.78 is 17.7. The lowest BCUT2D eigenvalue weighted by atomic mass is 9.99. The van der Waals surface area contributed by atoms with Crippen molar-refractivity contribution < 1.29 is 49.3 Å². The first-order valence-electron chi connectivity index (χ1n) is 34.3. The molecule has 6 N–H and O–H groups in total. The van der Waals surface area contributed by atoms with Crippen molar-refractivity contribution in [2.75, 3.05) is 13.2 Å². The minimum absolute atomic E-state index is 0.0986. The summed E-state index contributed by atoms with van der Waals surface area (Å²) in [5.74, 6) is -1.22. The first-order valence-corrected chi connectivity index (χ1v) is 34.3. The topological polar surface area (TPSA) is 175 Å². The van der Waals surface area contributed by atoms with Gasteiger partial charge in [0.2, 0.25) is 5.91 Å². The third-order valence-electron chi connectivity index (χ3n) is 15.3. The van der Waals surface area contributed by atoms with Crippen molar-refractivity contribution in [1.82, 2.24) is 5.32 Å². The van der Waals surface area contributed by atoms with E-state index in [0.29, 0.717) is 12.8 Å². The van der Waals surface area contributed by atoms with Crippen LogP contribution in [0.4, 0.5) is 0 Å². The van der Waals surface area contributed by atoms with Gasteiger partial charge in [0.15, 0.2) is 12.4 Å². The molecule has 0 aromatic heterocycles. The molecule has 1 amide bonds. The van der Waals surface area contributed by atoms with Gasteiger partial charge in [-0.15, -0.1) is 0 Å². The summed E-state index contributed by atoms with van der Waals surface area (Å²) in [5.41, 5.74) is 0. The Morgan fingerprint density at radius 2 is 0.847 bits per heavy atom. The lowest BCUT2D eigenvalue weighted by Crippen LogP contribution is -2.61. The van der Waals surface area contributed by atoms with Crippen molar-refractivity contribution in [3.8, 4) is 0 Å². The Kier molecular flexibility index (Phi) is 56.1. The summed E-state index contributed by atoms with van der Waals surface area (Å²) >= 11 is 0. The van der Waals surface area contributed by atoms with Crippen LogP contribution in [-0.4, -0.2) is 99.6 Å². The van der Waals surface area contributed by atoms with Gasteiger partial charge in [0, 0.05) is 6.42 Å². The van der Waals surface area contributed by atoms with Crippen molar-refractivity contribution in [3.63, 3.8) is 0 Å². The number of esters is 1. The molecule has 0 bridgehead atoms. The molecule has 1 saturated heterocycles. The second kappa shape index (κ2) is 60.3. The van der Waals surface area contributed by atoms with E-state index in [2.05, 4.69) is 135 Å². The van der Waals surface area contributed by atoms with Gasteiger partial charge in [-0.2, -0.15) is 0 Å². The molecule has 85 heavy (non-hydrogen) atoms. The van der Waals surface area contributed by atoms with E-state index in [1.165, 1.54) is 77.0 Å². The molecule has 11 nitrogen and oxygen atoms in total. The van der Waals surface area contributed by atoms with E-state index in [1.54, 1.807) is 6.08 Å². The first kappa shape index (κ1) is 79.1. The van der Waals surface area contributed by atoms with E-state index >= 15 is 0 Å². The van der Waals surface area contributed by atoms with Crippen LogP contribution in [0.5, 0.6) is 0 Å². The van der Waals surface area contributed by atoms with Gasteiger partial charge in [-0.3, -0.25) is 9.59 Å². The Hall–Kier alpha value is -3.94. The zero-order valence-corrected chi connectivity index (χ0v) is 53.9. The maximum absolute atomic E-state index is 13.5. The fourth-order valence-electron chi connectivity index (χ4n) is 9.96. The predicted octanol–water partition coefficient (Wildman–Crippen LogP) is 17.4. The molecule has 1 aliphatic heterocycles. The summed E-state index contributed by atoms with van der Waals surface area (Å²) in [6, 6.07) is -1.04. The lowest BCUT2D eigenvalue weighted by Gasteiger charge is -2.41. The second-order valence-electron chi connectivity index (χ2n) is 23.2. The van der Waals surface area contributed by atoms with Gasteiger partial charge in [-0.25, -0.2) is 0 Å². The number of amides is 1. The van der Waals surface area contributed by atoms with Gasteiger partial charge in [-0.05, 0) is 116 Å². The van der Waals surface area contributed by atoms with Crippen LogP contribution in [0.25, 0.3) is 0 Å². The third-order valence-corrected chi connectivity index (χ3v) is 15.3. The number of carbonyl (C=O) groups excluding carboxylic acids is 2. The lowest BCUT2D eigenvalue weighted by molar-refractivity contribution is -0.305. The Morgan fingerprint density at radius 3 is 1.29 bits per heavy atom. The maximum Gasteiger partial charge on any atom is 0.306 e. The second-order valence-corrected chi connectivity index (χ2v) is 23.2. The minimum Gasteiger partial charge on any atom is -0.454 e. The fourth-order valence-corrected chi connectivity index (χ4v) is 9.96. The van der Waals surface area contributed by atoms with Gasteiger partial charge >= 0.3 is 5.97 Å². The number of allylic oxidation sites excluding steroid dienone is 19. The highest BCUT2D eigenvalue weighted by atomic mass is 16.7. The van der Waals surface area contributed by atoms with Crippen molar-refractivity contribution in [2.24, 2.45) is 0 Å². The molecule has 0 saturated carbocycles. The Balaban J connectivity index is 2.61. The Bertz CT molecular complexity index is 1850. The largest absolute Gasteiger partial charge is 0.454 e. The number of aliphatic hydroxyl groups excluding tert-OH is 5. The molecular weight excluding hydrogens is 1060 g/mol. The zero-order chi connectivity index (χ0) is 61.7. The summed E-state index contributed by atoms with van der Waals surface area (Å²) in [4.78, 5) is 26.6. The van der Waals surface area contributed by atoms with Gasteiger partial charge in [0.1, 0.15) is 24.4 Å². The van der Waals surface area contributed by atoms with Gasteiger partial charge < -0.3 is 45.1 Å². The SMILES string of the molecule is CC/C=C\C/C=C\C/C=C\C/C=C\C/C=C\C/C=C\CCCCCCCCC(=O)OC1C(OCC(NC(=O)C(O)CCCCCCCCC/C=C\C/C=C\C/C=C\CCCCC)C(O)/C=C/CCCCCCCCCCC)OC(CO)C(O)C1O. The standard InChI is InChI=1S/C74H125NO10/c1-4-7-10-13-16-19-22-24-26-28-30-32-33-34-35-36-38-40-42-44-47-50-53-56-59-62-69(79)85-72-71(81)70(80)68(63-76)84-74(72)83-64-65(66(77)60-57-54-51-48-45-21-18-15-12-9-6-3)75-73(82)67(78)61-58-55-52-49-46-43-41-39-37-31-29-27-25-23-20-17-14-11-8-5-2/h7,10,16-17,19-20,24-27,30-32,34-35,37-38,40,57,60,65-68,70-72,74,76-78,80-81H,4-6,8-9,11-15,18,21-23,28-29,33,36,39,41-56,58-59,61-64H2,1-3H3,(H,75,82)/b10-7-,19-16-,20-17-,26-24-,27-25-,32-30-,35-34-,37-31-,40-38-,60-57+. The summed E-state index contributed by atoms with van der Waals surface area (Å²) in [7, 11) is 0. The minimum atomic E-state index is -1.63. The van der Waals surface area contributed by atoms with E-state index in [-0.39, 0.29) is 19.4 Å². The molecule has 0 radical (unpaired) electrons. The molecule has 486 valence electrons. The van der Waals surface area contributed by atoms with Crippen LogP contribution in [0.15, 0.2) is 122 Å². The van der Waals surface area contributed by atoms with Gasteiger partial charge in [0.05, 0.1) is 25.4 Å². The smallest absolute Gasteiger partial charge is 0.306 e. The Morgan fingerprint density at radius 1 is 0.471 bits per heavy atom.